The Kier molecular flexibility index (Phi) is 7.43. The summed E-state index contributed by atoms with van der Waals surface area (Å²) in [5.41, 5.74) is 2.67. The Hall–Kier alpha value is -2.88. The van der Waals surface area contributed by atoms with Crippen molar-refractivity contribution in [2.24, 2.45) is 4.99 Å². The molecule has 0 fully saturated rings. The monoisotopic (exact) mass is 324 g/mol. The number of aromatic hydroxyl groups is 1. The van der Waals surface area contributed by atoms with Gasteiger partial charge in [-0.1, -0.05) is 43.0 Å². The summed E-state index contributed by atoms with van der Waals surface area (Å²) < 4.78 is 0. The molecule has 4 heteroatoms. The van der Waals surface area contributed by atoms with Crippen LogP contribution in [0.5, 0.6) is 5.75 Å². The molecule has 24 heavy (non-hydrogen) atoms. The van der Waals surface area contributed by atoms with E-state index < -0.39 is 0 Å². The van der Waals surface area contributed by atoms with Crippen molar-refractivity contribution in [3.8, 4) is 5.75 Å². The molecule has 0 saturated carbocycles. The van der Waals surface area contributed by atoms with Crippen LogP contribution in [0.15, 0.2) is 77.1 Å². The van der Waals surface area contributed by atoms with Crippen molar-refractivity contribution in [2.75, 3.05) is 0 Å². The van der Waals surface area contributed by atoms with E-state index in [0.717, 1.165) is 0 Å². The number of para-hydroxylation sites is 1. The number of benzene rings is 1. The fraction of sp³-hybridized carbons (Fsp3) is 0.200. The topological polar surface area (TPSA) is 61.7 Å². The summed E-state index contributed by atoms with van der Waals surface area (Å²) >= 11 is 0. The van der Waals surface area contributed by atoms with Crippen LogP contribution in [0.3, 0.4) is 0 Å². The average molecular weight is 324 g/mol. The molecule has 1 aromatic rings. The number of phenolic OH excluding ortho intramolecular Hbond substituents is 1. The molecule has 2 N–H and O–H groups in total. The molecular weight excluding hydrogens is 300 g/mol. The van der Waals surface area contributed by atoms with E-state index in [1.807, 2.05) is 44.2 Å². The molecule has 0 saturated heterocycles. The van der Waals surface area contributed by atoms with E-state index in [1.54, 1.807) is 32.0 Å². The SMILES string of the molecule is C=C(C)NC(=O)\C(N=C(C)c1ccccc1O)=C(C)/C=C\C=C/C. The Morgan fingerprint density at radius 3 is 2.46 bits per heavy atom. The minimum atomic E-state index is -0.333. The lowest BCUT2D eigenvalue weighted by atomic mass is 10.1. The Morgan fingerprint density at radius 1 is 1.21 bits per heavy atom. The van der Waals surface area contributed by atoms with Gasteiger partial charge < -0.3 is 10.4 Å². The van der Waals surface area contributed by atoms with Crippen LogP contribution in [0.4, 0.5) is 0 Å². The van der Waals surface area contributed by atoms with Crippen LogP contribution in [-0.4, -0.2) is 16.7 Å². The van der Waals surface area contributed by atoms with Crippen LogP contribution in [0.25, 0.3) is 0 Å². The first-order chi connectivity index (χ1) is 11.4. The number of carbonyl (C=O) groups excluding carboxylic acids is 1. The van der Waals surface area contributed by atoms with Crippen LogP contribution in [-0.2, 0) is 4.79 Å². The van der Waals surface area contributed by atoms with Gasteiger partial charge in [-0.15, -0.1) is 0 Å². The number of phenols is 1. The molecule has 0 unspecified atom stereocenters. The molecular formula is C20H24N2O2. The quantitative estimate of drug-likeness (QED) is 0.466. The third-order valence-electron chi connectivity index (χ3n) is 3.14. The number of rotatable bonds is 6. The summed E-state index contributed by atoms with van der Waals surface area (Å²) in [5.74, 6) is -0.208. The molecule has 1 amide bonds. The Balaban J connectivity index is 3.34. The minimum absolute atomic E-state index is 0.125. The summed E-state index contributed by atoms with van der Waals surface area (Å²) in [7, 11) is 0. The van der Waals surface area contributed by atoms with Gasteiger partial charge in [-0.05, 0) is 45.4 Å². The predicted octanol–water partition coefficient (Wildman–Crippen LogP) is 4.26. The highest BCUT2D eigenvalue weighted by Gasteiger charge is 2.13. The van der Waals surface area contributed by atoms with E-state index in [0.29, 0.717) is 22.5 Å². The van der Waals surface area contributed by atoms with Crippen molar-refractivity contribution in [2.45, 2.75) is 27.7 Å². The number of carbonyl (C=O) groups is 1. The lowest BCUT2D eigenvalue weighted by Crippen LogP contribution is -2.23. The largest absolute Gasteiger partial charge is 0.507 e. The first-order valence-electron chi connectivity index (χ1n) is 7.67. The molecule has 1 aromatic carbocycles. The normalized spacial score (nSPS) is 13.2. The van der Waals surface area contributed by atoms with Crippen molar-refractivity contribution in [1.82, 2.24) is 5.32 Å². The molecule has 0 spiro atoms. The zero-order chi connectivity index (χ0) is 18.1. The van der Waals surface area contributed by atoms with Crippen LogP contribution < -0.4 is 5.32 Å². The van der Waals surface area contributed by atoms with Gasteiger partial charge in [0.2, 0.25) is 0 Å². The number of aliphatic imine (C=N–C) groups is 1. The first kappa shape index (κ1) is 19.2. The second-order valence-electron chi connectivity index (χ2n) is 5.37. The van der Waals surface area contributed by atoms with Crippen LogP contribution in [0.2, 0.25) is 0 Å². The second kappa shape index (κ2) is 9.30. The Morgan fingerprint density at radius 2 is 1.88 bits per heavy atom. The van der Waals surface area contributed by atoms with E-state index in [9.17, 15) is 9.90 Å². The van der Waals surface area contributed by atoms with Crippen LogP contribution in [0, 0.1) is 0 Å². The van der Waals surface area contributed by atoms with Gasteiger partial charge >= 0.3 is 0 Å². The van der Waals surface area contributed by atoms with Crippen molar-refractivity contribution in [3.05, 3.63) is 77.7 Å². The third-order valence-corrected chi connectivity index (χ3v) is 3.14. The number of nitrogens with zero attached hydrogens (tertiary/aromatic N) is 1. The lowest BCUT2D eigenvalue weighted by Gasteiger charge is -2.09. The fourth-order valence-corrected chi connectivity index (χ4v) is 1.97. The molecule has 0 atom stereocenters. The molecule has 0 radical (unpaired) electrons. The first-order valence-corrected chi connectivity index (χ1v) is 7.67. The lowest BCUT2D eigenvalue weighted by molar-refractivity contribution is -0.116. The van der Waals surface area contributed by atoms with Crippen molar-refractivity contribution in [1.29, 1.82) is 0 Å². The number of amides is 1. The van der Waals surface area contributed by atoms with Crippen molar-refractivity contribution >= 4 is 11.6 Å². The molecule has 0 bridgehead atoms. The van der Waals surface area contributed by atoms with Crippen molar-refractivity contribution in [3.63, 3.8) is 0 Å². The molecule has 0 aliphatic rings. The maximum absolute atomic E-state index is 12.4. The maximum atomic E-state index is 12.4. The van der Waals surface area contributed by atoms with Gasteiger partial charge in [-0.2, -0.15) is 0 Å². The minimum Gasteiger partial charge on any atom is -0.507 e. The van der Waals surface area contributed by atoms with E-state index in [1.165, 1.54) is 0 Å². The molecule has 4 nitrogen and oxygen atoms in total. The predicted molar refractivity (Wildman–Crippen MR) is 99.9 cm³/mol. The summed E-state index contributed by atoms with van der Waals surface area (Å²) in [4.78, 5) is 16.9. The summed E-state index contributed by atoms with van der Waals surface area (Å²) in [5, 5.41) is 12.6. The number of allylic oxidation sites excluding steroid dienone is 6. The van der Waals surface area contributed by atoms with Gasteiger partial charge in [-0.25, -0.2) is 4.99 Å². The Bertz CT molecular complexity index is 738. The highest BCUT2D eigenvalue weighted by atomic mass is 16.3. The van der Waals surface area contributed by atoms with Gasteiger partial charge in [0.1, 0.15) is 11.4 Å². The van der Waals surface area contributed by atoms with E-state index in [2.05, 4.69) is 16.9 Å². The van der Waals surface area contributed by atoms with Gasteiger partial charge in [0.25, 0.3) is 5.91 Å². The van der Waals surface area contributed by atoms with E-state index in [4.69, 9.17) is 0 Å². The highest BCUT2D eigenvalue weighted by molar-refractivity contribution is 6.05. The van der Waals surface area contributed by atoms with Gasteiger partial charge in [0, 0.05) is 17.0 Å². The molecule has 0 aliphatic carbocycles. The molecule has 0 aliphatic heterocycles. The van der Waals surface area contributed by atoms with Crippen LogP contribution in [0.1, 0.15) is 33.3 Å². The molecule has 126 valence electrons. The smallest absolute Gasteiger partial charge is 0.274 e. The molecule has 0 aromatic heterocycles. The van der Waals surface area contributed by atoms with E-state index in [-0.39, 0.29) is 17.4 Å². The number of nitrogens with one attached hydrogen (secondary N) is 1. The number of hydrogen-bond donors (Lipinski definition) is 2. The Labute approximate surface area is 143 Å². The van der Waals surface area contributed by atoms with Gasteiger partial charge in [0.15, 0.2) is 0 Å². The standard InChI is InChI=1S/C20H24N2O2/c1-6-7-8-11-15(4)19(20(24)21-14(2)3)22-16(5)17-12-9-10-13-18(17)23/h6-13,23H,2H2,1,3-5H3,(H,21,24)/b7-6-,11-8-,19-15+,22-16?. The number of hydrogen-bond acceptors (Lipinski definition) is 3. The fourth-order valence-electron chi connectivity index (χ4n) is 1.97. The average Bonchev–Trinajstić information content (AvgIpc) is 2.52. The second-order valence-corrected chi connectivity index (χ2v) is 5.37. The summed E-state index contributed by atoms with van der Waals surface area (Å²) in [6.07, 6.45) is 7.43. The zero-order valence-corrected chi connectivity index (χ0v) is 14.6. The summed E-state index contributed by atoms with van der Waals surface area (Å²) in [6.45, 7) is 10.9. The molecule has 1 rings (SSSR count). The maximum Gasteiger partial charge on any atom is 0.274 e. The van der Waals surface area contributed by atoms with Crippen LogP contribution >= 0.6 is 0 Å². The third kappa shape index (κ3) is 5.72. The highest BCUT2D eigenvalue weighted by Crippen LogP contribution is 2.19. The summed E-state index contributed by atoms with van der Waals surface area (Å²) in [6, 6.07) is 6.89. The van der Waals surface area contributed by atoms with Gasteiger partial charge in [0.05, 0.1) is 0 Å². The molecule has 0 heterocycles. The van der Waals surface area contributed by atoms with E-state index >= 15 is 0 Å². The van der Waals surface area contributed by atoms with Crippen molar-refractivity contribution < 1.29 is 9.90 Å². The zero-order valence-electron chi connectivity index (χ0n) is 14.6. The van der Waals surface area contributed by atoms with Gasteiger partial charge in [-0.3, -0.25) is 4.79 Å².